The zero-order valence-corrected chi connectivity index (χ0v) is 21.0. The molecule has 11 nitrogen and oxygen atoms in total. The highest BCUT2D eigenvalue weighted by molar-refractivity contribution is 6.13. The van der Waals surface area contributed by atoms with E-state index in [0.717, 1.165) is 4.90 Å². The van der Waals surface area contributed by atoms with Gasteiger partial charge in [-0.1, -0.05) is 6.07 Å². The van der Waals surface area contributed by atoms with Crippen LogP contribution in [-0.4, -0.2) is 49.0 Å². The van der Waals surface area contributed by atoms with Crippen molar-refractivity contribution >= 4 is 35.6 Å². The number of rotatable bonds is 10. The van der Waals surface area contributed by atoms with Crippen molar-refractivity contribution in [2.75, 3.05) is 25.6 Å². The van der Waals surface area contributed by atoms with E-state index in [1.807, 2.05) is 0 Å². The van der Waals surface area contributed by atoms with Crippen LogP contribution in [0.5, 0.6) is 11.5 Å². The number of carbonyl (C=O) groups is 4. The van der Waals surface area contributed by atoms with Gasteiger partial charge in [-0.2, -0.15) is 0 Å². The second-order valence-electron chi connectivity index (χ2n) is 8.12. The number of imide groups is 1. The molecule has 2 N–H and O–H groups in total. The fourth-order valence-corrected chi connectivity index (χ4v) is 3.59. The van der Waals surface area contributed by atoms with Gasteiger partial charge in [0.2, 0.25) is 5.76 Å². The van der Waals surface area contributed by atoms with Gasteiger partial charge in [-0.3, -0.25) is 14.5 Å². The van der Waals surface area contributed by atoms with Gasteiger partial charge in [-0.15, -0.1) is 0 Å². The minimum atomic E-state index is -0.676. The molecule has 0 spiro atoms. The maximum Gasteiger partial charge on any atom is 0.373 e. The lowest BCUT2D eigenvalue weighted by Crippen LogP contribution is -2.30. The summed E-state index contributed by atoms with van der Waals surface area (Å²) >= 11 is 0. The van der Waals surface area contributed by atoms with Gasteiger partial charge in [0, 0.05) is 5.69 Å². The highest BCUT2D eigenvalue weighted by atomic mass is 19.1. The molecule has 4 amide bonds. The van der Waals surface area contributed by atoms with Crippen molar-refractivity contribution < 1.29 is 42.2 Å². The molecule has 1 saturated heterocycles. The molecule has 202 valence electrons. The number of nitrogens with one attached hydrogen (secondary N) is 2. The van der Waals surface area contributed by atoms with Crippen LogP contribution in [-0.2, 0) is 20.9 Å². The first-order valence-corrected chi connectivity index (χ1v) is 11.7. The number of ether oxygens (including phenoxy) is 3. The van der Waals surface area contributed by atoms with Gasteiger partial charge in [0.15, 0.2) is 18.1 Å². The van der Waals surface area contributed by atoms with E-state index in [-0.39, 0.29) is 36.1 Å². The first kappa shape index (κ1) is 26.9. The Morgan fingerprint density at radius 2 is 1.82 bits per heavy atom. The van der Waals surface area contributed by atoms with Crippen LogP contribution in [0.15, 0.2) is 64.7 Å². The predicted molar refractivity (Wildman–Crippen MR) is 135 cm³/mol. The average Bonchev–Trinajstić information content (AvgIpc) is 3.49. The maximum absolute atomic E-state index is 13.0. The summed E-state index contributed by atoms with van der Waals surface area (Å²) in [6.45, 7) is 1.56. The molecule has 39 heavy (non-hydrogen) atoms. The van der Waals surface area contributed by atoms with Crippen molar-refractivity contribution in [3.05, 3.63) is 83.2 Å². The number of furan rings is 1. The minimum Gasteiger partial charge on any atom is -0.490 e. The number of amides is 4. The molecule has 0 unspecified atom stereocenters. The van der Waals surface area contributed by atoms with E-state index in [1.54, 1.807) is 25.1 Å². The van der Waals surface area contributed by atoms with Gasteiger partial charge in [-0.05, 0) is 67.1 Å². The number of urea groups is 1. The molecule has 0 aliphatic carbocycles. The standard InChI is InChI=1S/C27H24FN3O8/c1-3-37-23-13-16(4-10-21(23)38-15-24(32)29-18-7-5-17(28)6-8-18)12-20-25(33)31(27(35)30-20)14-19-9-11-22(39-19)26(34)36-2/h4-13H,3,14-15H2,1-2H3,(H,29,32)(H,30,35)/b20-12-. The zero-order valence-electron chi connectivity index (χ0n) is 21.0. The van der Waals surface area contributed by atoms with E-state index in [2.05, 4.69) is 15.4 Å². The van der Waals surface area contributed by atoms with Gasteiger partial charge in [-0.25, -0.2) is 14.0 Å². The Kier molecular flexibility index (Phi) is 8.24. The fraction of sp³-hybridized carbons (Fsp3) is 0.185. The largest absolute Gasteiger partial charge is 0.490 e. The van der Waals surface area contributed by atoms with Crippen molar-refractivity contribution in [2.24, 2.45) is 0 Å². The Labute approximate surface area is 222 Å². The van der Waals surface area contributed by atoms with Crippen molar-refractivity contribution in [3.63, 3.8) is 0 Å². The summed E-state index contributed by atoms with van der Waals surface area (Å²) in [5.74, 6) is -1.35. The monoisotopic (exact) mass is 537 g/mol. The van der Waals surface area contributed by atoms with E-state index in [0.29, 0.717) is 23.6 Å². The van der Waals surface area contributed by atoms with Crippen LogP contribution in [0.25, 0.3) is 6.08 Å². The fourth-order valence-electron chi connectivity index (χ4n) is 3.59. The van der Waals surface area contributed by atoms with Crippen LogP contribution in [0.3, 0.4) is 0 Å². The van der Waals surface area contributed by atoms with Gasteiger partial charge in [0.1, 0.15) is 17.3 Å². The summed E-state index contributed by atoms with van der Waals surface area (Å²) in [6, 6.07) is 12.3. The Bertz CT molecular complexity index is 1430. The predicted octanol–water partition coefficient (Wildman–Crippen LogP) is 3.71. The Morgan fingerprint density at radius 1 is 1.05 bits per heavy atom. The molecule has 0 radical (unpaired) electrons. The Balaban J connectivity index is 1.42. The van der Waals surface area contributed by atoms with Gasteiger partial charge in [0.05, 0.1) is 20.3 Å². The zero-order chi connectivity index (χ0) is 27.9. The molecular formula is C27H24FN3O8. The third-order valence-corrected chi connectivity index (χ3v) is 5.39. The number of hydrogen-bond donors (Lipinski definition) is 2. The highest BCUT2D eigenvalue weighted by Crippen LogP contribution is 2.30. The van der Waals surface area contributed by atoms with Gasteiger partial charge < -0.3 is 29.3 Å². The number of methoxy groups -OCH3 is 1. The molecule has 2 heterocycles. The molecule has 12 heteroatoms. The molecule has 2 aromatic carbocycles. The summed E-state index contributed by atoms with van der Waals surface area (Å²) in [7, 11) is 1.21. The van der Waals surface area contributed by atoms with E-state index in [1.165, 1.54) is 49.6 Å². The Morgan fingerprint density at radius 3 is 2.54 bits per heavy atom. The van der Waals surface area contributed by atoms with Crippen molar-refractivity contribution in [2.45, 2.75) is 13.5 Å². The highest BCUT2D eigenvalue weighted by Gasteiger charge is 2.34. The summed E-state index contributed by atoms with van der Waals surface area (Å²) in [5.41, 5.74) is 0.970. The summed E-state index contributed by atoms with van der Waals surface area (Å²) in [6.07, 6.45) is 1.47. The van der Waals surface area contributed by atoms with Crippen molar-refractivity contribution in [3.8, 4) is 11.5 Å². The van der Waals surface area contributed by atoms with Crippen LogP contribution in [0.4, 0.5) is 14.9 Å². The number of benzene rings is 2. The lowest BCUT2D eigenvalue weighted by atomic mass is 10.1. The quantitative estimate of drug-likeness (QED) is 0.227. The molecule has 1 aliphatic rings. The molecule has 1 aromatic heterocycles. The first-order chi connectivity index (χ1) is 18.8. The lowest BCUT2D eigenvalue weighted by molar-refractivity contribution is -0.123. The molecule has 0 bridgehead atoms. The number of nitrogens with zero attached hydrogens (tertiary/aromatic N) is 1. The SMILES string of the molecule is CCOc1cc(/C=C2\NC(=O)N(Cc3ccc(C(=O)OC)o3)C2=O)ccc1OCC(=O)Nc1ccc(F)cc1. The molecule has 1 fully saturated rings. The molecule has 1 aliphatic heterocycles. The minimum absolute atomic E-state index is 0.0227. The summed E-state index contributed by atoms with van der Waals surface area (Å²) < 4.78 is 34.2. The van der Waals surface area contributed by atoms with Crippen LogP contribution >= 0.6 is 0 Å². The Hall–Kier alpha value is -5.13. The van der Waals surface area contributed by atoms with Crippen molar-refractivity contribution in [1.29, 1.82) is 0 Å². The number of carbonyl (C=O) groups excluding carboxylic acids is 4. The van der Waals surface area contributed by atoms with Crippen LogP contribution in [0.2, 0.25) is 0 Å². The average molecular weight is 538 g/mol. The molecule has 4 rings (SSSR count). The van der Waals surface area contributed by atoms with E-state index in [9.17, 15) is 23.6 Å². The molecule has 0 atom stereocenters. The number of anilines is 1. The van der Waals surface area contributed by atoms with E-state index in [4.69, 9.17) is 13.9 Å². The molecule has 0 saturated carbocycles. The lowest BCUT2D eigenvalue weighted by Gasteiger charge is -2.13. The van der Waals surface area contributed by atoms with Crippen LogP contribution in [0.1, 0.15) is 28.8 Å². The smallest absolute Gasteiger partial charge is 0.373 e. The van der Waals surface area contributed by atoms with Crippen LogP contribution < -0.4 is 20.1 Å². The summed E-state index contributed by atoms with van der Waals surface area (Å²) in [5, 5.41) is 5.11. The maximum atomic E-state index is 13.0. The third kappa shape index (κ3) is 6.60. The first-order valence-electron chi connectivity index (χ1n) is 11.7. The molecule has 3 aromatic rings. The summed E-state index contributed by atoms with van der Waals surface area (Å²) in [4.78, 5) is 50.0. The second-order valence-corrected chi connectivity index (χ2v) is 8.12. The third-order valence-electron chi connectivity index (χ3n) is 5.39. The normalized spacial score (nSPS) is 13.8. The van der Waals surface area contributed by atoms with E-state index < -0.39 is 29.6 Å². The van der Waals surface area contributed by atoms with E-state index >= 15 is 0 Å². The van der Waals surface area contributed by atoms with Crippen molar-refractivity contribution in [1.82, 2.24) is 10.2 Å². The number of hydrogen-bond acceptors (Lipinski definition) is 8. The van der Waals surface area contributed by atoms with Gasteiger partial charge in [0.25, 0.3) is 11.8 Å². The second kappa shape index (κ2) is 11.9. The van der Waals surface area contributed by atoms with Gasteiger partial charge >= 0.3 is 12.0 Å². The van der Waals surface area contributed by atoms with Crippen LogP contribution in [0, 0.1) is 5.82 Å². The topological polar surface area (TPSA) is 136 Å². The number of esters is 1. The molecular weight excluding hydrogens is 513 g/mol. The number of halogens is 1.